The van der Waals surface area contributed by atoms with Gasteiger partial charge in [-0.05, 0) is 86.5 Å². The van der Waals surface area contributed by atoms with E-state index in [1.807, 2.05) is 0 Å². The summed E-state index contributed by atoms with van der Waals surface area (Å²) in [4.78, 5) is 40.4. The Morgan fingerprint density at radius 3 is 2.11 bits per heavy atom. The van der Waals surface area contributed by atoms with Crippen molar-refractivity contribution < 1.29 is 95.0 Å². The maximum Gasteiger partial charge on any atom is 1.00 e. The molecular formula is C32H25ClN10Na2O9S3. The number of aromatic nitrogens is 5. The van der Waals surface area contributed by atoms with Crippen LogP contribution in [0, 0.1) is 13.8 Å². The number of fused-ring (bicyclic) bond motifs is 1. The van der Waals surface area contributed by atoms with Crippen LogP contribution in [0.1, 0.15) is 28.4 Å². The molecule has 19 nitrogen and oxygen atoms in total. The minimum absolute atomic E-state index is 0. The number of primary amides is 1. The minimum atomic E-state index is -5.11. The number of azo groups is 1. The maximum atomic E-state index is 12.6. The van der Waals surface area contributed by atoms with E-state index < -0.39 is 53.7 Å². The number of benzene rings is 3. The van der Waals surface area contributed by atoms with Crippen LogP contribution in [0.2, 0.25) is 5.28 Å². The molecule has 0 aliphatic rings. The molecular weight excluding hydrogens is 846 g/mol. The molecule has 3 heterocycles. The van der Waals surface area contributed by atoms with E-state index in [4.69, 9.17) is 17.3 Å². The topological polar surface area (TPSA) is 300 Å². The largest absolute Gasteiger partial charge is 1.00 e. The van der Waals surface area contributed by atoms with Gasteiger partial charge in [-0.2, -0.15) is 15.0 Å². The van der Waals surface area contributed by atoms with Crippen molar-refractivity contribution in [3.05, 3.63) is 86.9 Å². The Bertz CT molecular complexity index is 2880. The van der Waals surface area contributed by atoms with Crippen LogP contribution in [0.5, 0.6) is 5.88 Å². The third kappa shape index (κ3) is 9.87. The summed E-state index contributed by atoms with van der Waals surface area (Å²) in [5, 5.41) is 24.5. The first-order valence-electron chi connectivity index (χ1n) is 15.6. The van der Waals surface area contributed by atoms with E-state index in [0.717, 1.165) is 28.0 Å². The molecule has 0 radical (unpaired) electrons. The zero-order valence-electron chi connectivity index (χ0n) is 30.4. The normalized spacial score (nSPS) is 11.6. The third-order valence-corrected chi connectivity index (χ3v) is 11.3. The van der Waals surface area contributed by atoms with Gasteiger partial charge in [0.2, 0.25) is 23.1 Å². The quantitative estimate of drug-likeness (QED) is 0.0699. The fraction of sp³-hybridized carbons (Fsp3) is 0.125. The van der Waals surface area contributed by atoms with E-state index in [1.165, 1.54) is 32.9 Å². The number of amides is 1. The first-order valence-corrected chi connectivity index (χ1v) is 19.6. The summed E-state index contributed by atoms with van der Waals surface area (Å²) in [5.74, 6) is -1.90. The monoisotopic (exact) mass is 870 g/mol. The van der Waals surface area contributed by atoms with Crippen molar-refractivity contribution in [1.82, 2.24) is 24.5 Å². The second kappa shape index (κ2) is 17.9. The van der Waals surface area contributed by atoms with Crippen molar-refractivity contribution in [2.75, 3.05) is 10.6 Å². The van der Waals surface area contributed by atoms with Gasteiger partial charge in [-0.1, -0.05) is 6.07 Å². The van der Waals surface area contributed by atoms with Gasteiger partial charge in [-0.15, -0.1) is 21.6 Å². The Labute approximate surface area is 377 Å². The van der Waals surface area contributed by atoms with Gasteiger partial charge in [0.25, 0.3) is 11.5 Å². The van der Waals surface area contributed by atoms with Crippen LogP contribution in [0.3, 0.4) is 0 Å². The zero-order chi connectivity index (χ0) is 40.0. The number of aromatic hydroxyl groups is 1. The predicted octanol–water partition coefficient (Wildman–Crippen LogP) is -0.877. The first-order chi connectivity index (χ1) is 25.8. The minimum Gasteiger partial charge on any atom is -0.744 e. The number of aryl methyl sites for hydroxylation is 1. The van der Waals surface area contributed by atoms with Gasteiger partial charge in [0.05, 0.1) is 20.0 Å². The molecule has 0 atom stereocenters. The Kier molecular flexibility index (Phi) is 14.4. The second-order valence-corrected chi connectivity index (χ2v) is 15.5. The SMILES string of the molecule is CCn1c(O)c(N=Nc2cc(Nc3nc(Cl)nc(Nc4ccc(-c5nc6ccc(C)c(S(=O)(=O)[O-])c6s5)cc4)n3)ccc2S(=O)(=O)[O-])c(C)c(C(N)=O)c1=O.[Na+].[Na+]. The Morgan fingerprint density at radius 1 is 0.912 bits per heavy atom. The fourth-order valence-corrected chi connectivity index (χ4v) is 8.45. The number of carbonyl (C=O) groups excluding carboxylic acids is 1. The molecule has 0 aliphatic heterocycles. The second-order valence-electron chi connectivity index (χ2n) is 11.5. The summed E-state index contributed by atoms with van der Waals surface area (Å²) >= 11 is 7.24. The number of thiazole rings is 1. The summed E-state index contributed by atoms with van der Waals surface area (Å²) in [6.45, 7) is 4.27. The van der Waals surface area contributed by atoms with Crippen LogP contribution in [0.25, 0.3) is 20.8 Å². The van der Waals surface area contributed by atoms with Crippen molar-refractivity contribution in [3.8, 4) is 16.5 Å². The van der Waals surface area contributed by atoms with Gasteiger partial charge < -0.3 is 30.6 Å². The number of halogens is 1. The molecule has 1 amide bonds. The maximum absolute atomic E-state index is 12.6. The molecule has 0 saturated carbocycles. The molecule has 0 fully saturated rings. The number of rotatable bonds is 11. The van der Waals surface area contributed by atoms with Gasteiger partial charge >= 0.3 is 59.1 Å². The number of nitrogens with one attached hydrogen (secondary N) is 2. The van der Waals surface area contributed by atoms with Crippen molar-refractivity contribution in [2.45, 2.75) is 37.1 Å². The molecule has 0 bridgehead atoms. The fourth-order valence-electron chi connectivity index (χ4n) is 5.41. The number of nitrogens with zero attached hydrogens (tertiary/aromatic N) is 7. The van der Waals surface area contributed by atoms with Gasteiger partial charge in [-0.25, -0.2) is 21.8 Å². The number of hydrogen-bond donors (Lipinski definition) is 4. The summed E-state index contributed by atoms with van der Waals surface area (Å²) in [7, 11) is -9.84. The van der Waals surface area contributed by atoms with Crippen molar-refractivity contribution in [1.29, 1.82) is 0 Å². The number of pyridine rings is 1. The average Bonchev–Trinajstić information content (AvgIpc) is 3.51. The van der Waals surface area contributed by atoms with Gasteiger partial charge in [-0.3, -0.25) is 14.2 Å². The van der Waals surface area contributed by atoms with Crippen LogP contribution in [-0.4, -0.2) is 61.5 Å². The molecule has 0 aliphatic carbocycles. The molecule has 6 rings (SSSR count). The van der Waals surface area contributed by atoms with E-state index >= 15 is 0 Å². The molecule has 3 aromatic heterocycles. The van der Waals surface area contributed by atoms with Crippen LogP contribution in [0.4, 0.5) is 34.6 Å². The smallest absolute Gasteiger partial charge is 0.744 e. The van der Waals surface area contributed by atoms with Crippen LogP contribution < -0.4 is 81.0 Å². The van der Waals surface area contributed by atoms with Gasteiger partial charge in [0.1, 0.15) is 42.2 Å². The molecule has 5 N–H and O–H groups in total. The molecule has 284 valence electrons. The molecule has 3 aromatic carbocycles. The molecule has 6 aromatic rings. The first kappa shape index (κ1) is 45.8. The van der Waals surface area contributed by atoms with Crippen LogP contribution in [-0.2, 0) is 26.8 Å². The van der Waals surface area contributed by atoms with E-state index in [-0.39, 0.29) is 109 Å². The van der Waals surface area contributed by atoms with E-state index in [2.05, 4.69) is 40.8 Å². The number of nitrogens with two attached hydrogens (primary N) is 1. The van der Waals surface area contributed by atoms with Crippen molar-refractivity contribution in [3.63, 3.8) is 0 Å². The van der Waals surface area contributed by atoms with Crippen molar-refractivity contribution in [2.24, 2.45) is 16.0 Å². The predicted molar refractivity (Wildman–Crippen MR) is 199 cm³/mol. The summed E-state index contributed by atoms with van der Waals surface area (Å²) < 4.78 is 73.1. The summed E-state index contributed by atoms with van der Waals surface area (Å²) in [6.07, 6.45) is 0. The van der Waals surface area contributed by atoms with Crippen LogP contribution >= 0.6 is 22.9 Å². The summed E-state index contributed by atoms with van der Waals surface area (Å²) in [5.41, 5.74) is 5.00. The zero-order valence-corrected chi connectivity index (χ0v) is 37.6. The summed E-state index contributed by atoms with van der Waals surface area (Å²) in [6, 6.07) is 13.2. The Morgan fingerprint density at radius 2 is 1.53 bits per heavy atom. The van der Waals surface area contributed by atoms with Gasteiger partial charge in [0.15, 0.2) is 0 Å². The Balaban J connectivity index is 0.00000360. The molecule has 0 saturated heterocycles. The number of hydrogen-bond acceptors (Lipinski definition) is 18. The van der Waals surface area contributed by atoms with E-state index in [1.54, 1.807) is 30.3 Å². The van der Waals surface area contributed by atoms with E-state index in [0.29, 0.717) is 27.3 Å². The van der Waals surface area contributed by atoms with Crippen molar-refractivity contribution >= 4 is 93.9 Å². The molecule has 0 unspecified atom stereocenters. The number of carbonyl (C=O) groups is 1. The van der Waals surface area contributed by atoms with Crippen LogP contribution in [0.15, 0.2) is 79.4 Å². The van der Waals surface area contributed by atoms with E-state index in [9.17, 15) is 40.6 Å². The number of anilines is 4. The average molecular weight is 871 g/mol. The molecule has 25 heteroatoms. The Hall–Kier alpha value is -3.91. The molecule has 0 spiro atoms. The third-order valence-electron chi connectivity index (χ3n) is 7.92. The van der Waals surface area contributed by atoms with Gasteiger partial charge in [0, 0.05) is 29.0 Å². The standard InChI is InChI=1S/C32H27ClN10O9S3.2Na/c1-4-43-28(45)22(26(34)44)15(3)23(29(43)46)42-41-20-13-18(10-12-21(20)54(47,48)49)36-32-39-30(33)38-31(40-32)35-17-8-6-16(7-9-17)27-37-19-11-5-14(2)25(24(19)53-27)55(50,51)52;;/h5-13,46H,4H2,1-3H3,(H2,34,44)(H,47,48,49)(H,50,51,52)(H2,35,36,38,39,40);;/q;2*+1/p-2. The molecule has 57 heavy (non-hydrogen) atoms.